The second kappa shape index (κ2) is 14.0. The van der Waals surface area contributed by atoms with E-state index in [0.717, 1.165) is 22.4 Å². The van der Waals surface area contributed by atoms with Gasteiger partial charge in [-0.05, 0) is 17.5 Å². The first-order chi connectivity index (χ1) is 21.3. The van der Waals surface area contributed by atoms with Crippen molar-refractivity contribution in [1.29, 1.82) is 0 Å². The number of aromatic amines is 1. The first kappa shape index (κ1) is 33.8. The van der Waals surface area contributed by atoms with Gasteiger partial charge in [0.15, 0.2) is 12.5 Å². The fourth-order valence-corrected chi connectivity index (χ4v) is 8.01. The topological polar surface area (TPSA) is 240 Å². The number of aryl methyl sites for hydroxylation is 1. The lowest BCUT2D eigenvalue weighted by molar-refractivity contribution is -0.252. The standard InChI is InChI=1S/C25H29N2O15P3/c28-20-13-14-27(25(29)26-20)24-23-22(39-21(40-23)12-11-17-7-3-1-4-8-17)19(38-24)16-37-44(32,33)42-45(34,35)41-43(30,31)36-15-18-9-5-2-6-10-18/h1-10,13-14,19,21-24H,11-12,15-16H2,(H,30,31)(H,32,33)(H,34,35)(H,26,28,29)/p-3/t19-,21?,22?,23+,24-/m1/s1. The van der Waals surface area contributed by atoms with Gasteiger partial charge in [0.2, 0.25) is 0 Å². The van der Waals surface area contributed by atoms with Crippen molar-refractivity contribution in [2.24, 2.45) is 0 Å². The van der Waals surface area contributed by atoms with Crippen LogP contribution in [0.1, 0.15) is 23.8 Å². The van der Waals surface area contributed by atoms with Gasteiger partial charge in [-0.1, -0.05) is 60.7 Å². The lowest BCUT2D eigenvalue weighted by atomic mass is 10.1. The van der Waals surface area contributed by atoms with Crippen molar-refractivity contribution in [3.8, 4) is 0 Å². The van der Waals surface area contributed by atoms with Crippen LogP contribution in [0.4, 0.5) is 0 Å². The summed E-state index contributed by atoms with van der Waals surface area (Å²) in [4.78, 5) is 62.6. The molecular weight excluding hydrogens is 661 g/mol. The average Bonchev–Trinajstić information content (AvgIpc) is 3.53. The molecule has 0 spiro atoms. The molecule has 0 aliphatic carbocycles. The number of nitrogens with one attached hydrogen (secondary N) is 1. The number of phosphoric ester groups is 2. The van der Waals surface area contributed by atoms with E-state index < -0.39 is 78.8 Å². The Morgan fingerprint density at radius 2 is 1.36 bits per heavy atom. The van der Waals surface area contributed by atoms with Crippen LogP contribution in [0.5, 0.6) is 0 Å². The number of benzene rings is 2. The summed E-state index contributed by atoms with van der Waals surface area (Å²) in [6, 6.07) is 18.3. The van der Waals surface area contributed by atoms with Crippen LogP contribution in [0.15, 0.2) is 82.5 Å². The largest absolute Gasteiger partial charge is 0.756 e. The van der Waals surface area contributed by atoms with Crippen LogP contribution in [-0.2, 0) is 58.6 Å². The molecule has 1 aromatic heterocycles. The number of phosphoric acid groups is 3. The Kier molecular flexibility index (Phi) is 10.5. The summed E-state index contributed by atoms with van der Waals surface area (Å²) in [7, 11) is -17.5. The van der Waals surface area contributed by atoms with Crippen LogP contribution in [0.3, 0.4) is 0 Å². The highest BCUT2D eigenvalue weighted by molar-refractivity contribution is 7.65. The minimum Gasteiger partial charge on any atom is -0.756 e. The van der Waals surface area contributed by atoms with Crippen LogP contribution in [-0.4, -0.2) is 40.8 Å². The number of hydrogen-bond donors (Lipinski definition) is 1. The molecule has 20 heteroatoms. The summed E-state index contributed by atoms with van der Waals surface area (Å²) in [6.45, 7) is -1.49. The molecular formula is C25H26N2O15P3-3. The molecule has 3 aromatic rings. The molecule has 2 aromatic carbocycles. The smallest absolute Gasteiger partial charge is 0.330 e. The van der Waals surface area contributed by atoms with E-state index in [1.165, 1.54) is 12.1 Å². The Hall–Kier alpha value is -2.59. The summed E-state index contributed by atoms with van der Waals surface area (Å²) < 4.78 is 72.2. The van der Waals surface area contributed by atoms with Gasteiger partial charge in [0.25, 0.3) is 29.0 Å². The first-order valence-electron chi connectivity index (χ1n) is 13.3. The number of hydrogen-bond acceptors (Lipinski definition) is 15. The lowest BCUT2D eigenvalue weighted by Gasteiger charge is -2.34. The Labute approximate surface area is 255 Å². The molecule has 17 nitrogen and oxygen atoms in total. The molecule has 45 heavy (non-hydrogen) atoms. The maximum Gasteiger partial charge on any atom is 0.330 e. The summed E-state index contributed by atoms with van der Waals surface area (Å²) in [6.07, 6.45) is -3.19. The summed E-state index contributed by atoms with van der Waals surface area (Å²) in [5.74, 6) is 0. The predicted molar refractivity (Wildman–Crippen MR) is 146 cm³/mol. The minimum absolute atomic E-state index is 0.356. The highest BCUT2D eigenvalue weighted by Crippen LogP contribution is 2.63. The average molecular weight is 687 g/mol. The quantitative estimate of drug-likeness (QED) is 0.231. The second-order valence-corrected chi connectivity index (χ2v) is 14.3. The maximum atomic E-state index is 12.5. The van der Waals surface area contributed by atoms with Crippen LogP contribution >= 0.6 is 23.5 Å². The Bertz CT molecular complexity index is 1720. The number of rotatable bonds is 14. The third-order valence-electron chi connectivity index (χ3n) is 6.57. The van der Waals surface area contributed by atoms with Gasteiger partial charge in [0.1, 0.15) is 18.3 Å². The van der Waals surface area contributed by atoms with E-state index in [1.54, 1.807) is 18.2 Å². The second-order valence-electron chi connectivity index (χ2n) is 9.80. The lowest BCUT2D eigenvalue weighted by Crippen LogP contribution is -2.36. The molecule has 5 rings (SSSR count). The normalized spacial score (nSPS) is 26.9. The zero-order valence-corrected chi connectivity index (χ0v) is 25.7. The predicted octanol–water partition coefficient (Wildman–Crippen LogP) is 0.849. The summed E-state index contributed by atoms with van der Waals surface area (Å²) >= 11 is 0. The van der Waals surface area contributed by atoms with Crippen molar-refractivity contribution in [3.05, 3.63) is 105 Å². The number of ether oxygens (including phenoxy) is 3. The van der Waals surface area contributed by atoms with Gasteiger partial charge >= 0.3 is 5.69 Å². The van der Waals surface area contributed by atoms with Gasteiger partial charge in [0.05, 0.1) is 13.2 Å². The summed E-state index contributed by atoms with van der Waals surface area (Å²) in [5, 5.41) is 0. The third-order valence-corrected chi connectivity index (χ3v) is 10.7. The molecule has 2 aliphatic rings. The first-order valence-corrected chi connectivity index (χ1v) is 17.7. The molecule has 8 atom stereocenters. The van der Waals surface area contributed by atoms with Crippen molar-refractivity contribution in [2.45, 2.75) is 50.3 Å². The van der Waals surface area contributed by atoms with Gasteiger partial charge in [-0.3, -0.25) is 28.0 Å². The molecule has 2 fully saturated rings. The van der Waals surface area contributed by atoms with E-state index in [2.05, 4.69) is 22.7 Å². The molecule has 0 bridgehead atoms. The van der Waals surface area contributed by atoms with Crippen LogP contribution in [0.25, 0.3) is 0 Å². The van der Waals surface area contributed by atoms with Gasteiger partial charge < -0.3 is 37.9 Å². The van der Waals surface area contributed by atoms with Crippen molar-refractivity contribution < 1.29 is 60.3 Å². The van der Waals surface area contributed by atoms with Gasteiger partial charge in [-0.2, -0.15) is 0 Å². The fraction of sp³-hybridized carbons (Fsp3) is 0.360. The Morgan fingerprint density at radius 3 is 2.00 bits per heavy atom. The van der Waals surface area contributed by atoms with Gasteiger partial charge in [-0.25, -0.2) is 13.4 Å². The molecule has 5 unspecified atom stereocenters. The molecule has 0 amide bonds. The highest BCUT2D eigenvalue weighted by Gasteiger charge is 2.53. The SMILES string of the molecule is O=c1ccn([C@@H]2O[C@H](COP(=O)([O-])OP(=O)([O-])OP(=O)([O-])OCc3ccccc3)C3OC(CCc4ccccc4)O[C@@H]32)c(=O)[nH]1. The van der Waals surface area contributed by atoms with Gasteiger partial charge in [0, 0.05) is 18.7 Å². The molecule has 2 saturated heterocycles. The third kappa shape index (κ3) is 9.24. The van der Waals surface area contributed by atoms with Crippen molar-refractivity contribution in [3.63, 3.8) is 0 Å². The van der Waals surface area contributed by atoms with E-state index in [4.69, 9.17) is 14.2 Å². The van der Waals surface area contributed by atoms with E-state index in [1.807, 2.05) is 30.3 Å². The molecule has 1 N–H and O–H groups in total. The van der Waals surface area contributed by atoms with Crippen LogP contribution in [0, 0.1) is 0 Å². The highest BCUT2D eigenvalue weighted by atomic mass is 31.3. The van der Waals surface area contributed by atoms with E-state index in [9.17, 15) is 38.0 Å². The molecule has 244 valence electrons. The van der Waals surface area contributed by atoms with E-state index in [0.29, 0.717) is 18.4 Å². The van der Waals surface area contributed by atoms with Crippen molar-refractivity contribution in [2.75, 3.05) is 6.61 Å². The van der Waals surface area contributed by atoms with Gasteiger partial charge in [-0.15, -0.1) is 0 Å². The van der Waals surface area contributed by atoms with Crippen molar-refractivity contribution >= 4 is 23.5 Å². The zero-order valence-electron chi connectivity index (χ0n) is 23.1. The zero-order chi connectivity index (χ0) is 32.2. The molecule has 3 heterocycles. The minimum atomic E-state index is -6.09. The van der Waals surface area contributed by atoms with E-state index in [-0.39, 0.29) is 0 Å². The molecule has 0 radical (unpaired) electrons. The van der Waals surface area contributed by atoms with E-state index >= 15 is 0 Å². The summed E-state index contributed by atoms with van der Waals surface area (Å²) in [5.41, 5.74) is -0.165. The Balaban J connectivity index is 1.23. The van der Waals surface area contributed by atoms with Crippen LogP contribution in [0.2, 0.25) is 0 Å². The number of aromatic nitrogens is 2. The number of nitrogens with zero attached hydrogens (tertiary/aromatic N) is 1. The monoisotopic (exact) mass is 687 g/mol. The maximum absolute atomic E-state index is 12.5. The molecule has 0 saturated carbocycles. The van der Waals surface area contributed by atoms with Crippen LogP contribution < -0.4 is 25.9 Å². The fourth-order valence-electron chi connectivity index (χ4n) is 4.65. The van der Waals surface area contributed by atoms with Crippen molar-refractivity contribution in [1.82, 2.24) is 9.55 Å². The number of fused-ring (bicyclic) bond motifs is 1. The molecule has 2 aliphatic heterocycles. The Morgan fingerprint density at radius 1 is 0.756 bits per heavy atom. The number of H-pyrrole nitrogens is 1.